The van der Waals surface area contributed by atoms with E-state index in [1.54, 1.807) is 24.3 Å². The number of benzene rings is 2. The van der Waals surface area contributed by atoms with Crippen LogP contribution in [0.2, 0.25) is 5.02 Å². The van der Waals surface area contributed by atoms with Crippen molar-refractivity contribution in [1.29, 1.82) is 0 Å². The van der Waals surface area contributed by atoms with Gasteiger partial charge in [0.05, 0.1) is 4.90 Å². The summed E-state index contributed by atoms with van der Waals surface area (Å²) in [5.41, 5.74) is 0.604. The van der Waals surface area contributed by atoms with E-state index in [4.69, 9.17) is 11.6 Å². The highest BCUT2D eigenvalue weighted by molar-refractivity contribution is 7.89. The molecule has 1 aliphatic heterocycles. The highest BCUT2D eigenvalue weighted by atomic mass is 35.5. The molecule has 2 aromatic rings. The van der Waals surface area contributed by atoms with Gasteiger partial charge in [0.1, 0.15) is 0 Å². The number of carbonyl (C=O) groups is 2. The molecule has 0 aromatic heterocycles. The molecule has 0 bridgehead atoms. The maximum absolute atomic E-state index is 13.0. The van der Waals surface area contributed by atoms with Gasteiger partial charge in [-0.25, -0.2) is 8.42 Å². The highest BCUT2D eigenvalue weighted by Gasteiger charge is 2.34. The summed E-state index contributed by atoms with van der Waals surface area (Å²) in [5.74, 6) is -0.439. The summed E-state index contributed by atoms with van der Waals surface area (Å²) in [4.78, 5) is 25.9. The van der Waals surface area contributed by atoms with E-state index in [0.29, 0.717) is 36.5 Å². The standard InChI is InChI=1S/C25H30ClN3O4S/c26-20-10-12-21(13-11-20)34(32,33)29-16-14-19(15-17-29)25(31)28-23-9-5-4-8-22(23)27-24(30)18-6-2-1-3-7-18/h1-3,6-7,10-13,19,22-23H,4-5,8-9,14-17H2,(H,27,30)(H,28,31)/t22-,23-/m1/s1. The molecule has 0 radical (unpaired) electrons. The summed E-state index contributed by atoms with van der Waals surface area (Å²) in [6.07, 6.45) is 4.57. The van der Waals surface area contributed by atoms with E-state index in [-0.39, 0.29) is 34.7 Å². The van der Waals surface area contributed by atoms with Gasteiger partial charge >= 0.3 is 0 Å². The fourth-order valence-corrected chi connectivity index (χ4v) is 6.33. The number of amides is 2. The summed E-state index contributed by atoms with van der Waals surface area (Å²) in [7, 11) is -3.61. The Bertz CT molecular complexity index is 1100. The summed E-state index contributed by atoms with van der Waals surface area (Å²) in [6, 6.07) is 15.0. The van der Waals surface area contributed by atoms with Gasteiger partial charge in [0.15, 0.2) is 0 Å². The van der Waals surface area contributed by atoms with Crippen molar-refractivity contribution >= 4 is 33.4 Å². The molecule has 9 heteroatoms. The van der Waals surface area contributed by atoms with Gasteiger partial charge in [0.2, 0.25) is 15.9 Å². The summed E-state index contributed by atoms with van der Waals surface area (Å²) >= 11 is 5.87. The molecule has 34 heavy (non-hydrogen) atoms. The van der Waals surface area contributed by atoms with Gasteiger partial charge in [-0.1, -0.05) is 42.6 Å². The van der Waals surface area contributed by atoms with Crippen molar-refractivity contribution in [2.45, 2.75) is 55.5 Å². The van der Waals surface area contributed by atoms with Crippen LogP contribution in [0, 0.1) is 5.92 Å². The predicted molar refractivity (Wildman–Crippen MR) is 131 cm³/mol. The van der Waals surface area contributed by atoms with Crippen LogP contribution in [0.15, 0.2) is 59.5 Å². The van der Waals surface area contributed by atoms with E-state index < -0.39 is 10.0 Å². The van der Waals surface area contributed by atoms with Gasteiger partial charge in [-0.05, 0) is 62.1 Å². The Morgan fingerprint density at radius 2 is 1.41 bits per heavy atom. The summed E-state index contributed by atoms with van der Waals surface area (Å²) < 4.78 is 27.2. The van der Waals surface area contributed by atoms with E-state index in [2.05, 4.69) is 10.6 Å². The number of piperidine rings is 1. The quantitative estimate of drug-likeness (QED) is 0.629. The minimum atomic E-state index is -3.61. The molecular formula is C25H30ClN3O4S. The molecule has 4 rings (SSSR count). The molecular weight excluding hydrogens is 474 g/mol. The van der Waals surface area contributed by atoms with Crippen LogP contribution >= 0.6 is 11.6 Å². The zero-order valence-corrected chi connectivity index (χ0v) is 20.5. The first-order valence-electron chi connectivity index (χ1n) is 11.8. The second-order valence-electron chi connectivity index (χ2n) is 8.98. The lowest BCUT2D eigenvalue weighted by Crippen LogP contribution is -2.55. The molecule has 2 N–H and O–H groups in total. The second-order valence-corrected chi connectivity index (χ2v) is 11.4. The van der Waals surface area contributed by atoms with Crippen LogP contribution in [0.1, 0.15) is 48.9 Å². The average molecular weight is 504 g/mol. The maximum Gasteiger partial charge on any atom is 0.251 e. The summed E-state index contributed by atoms with van der Waals surface area (Å²) in [5, 5.41) is 6.72. The van der Waals surface area contributed by atoms with Crippen LogP contribution in [-0.4, -0.2) is 49.7 Å². The number of rotatable bonds is 6. The van der Waals surface area contributed by atoms with Crippen LogP contribution in [0.5, 0.6) is 0 Å². The molecule has 1 heterocycles. The van der Waals surface area contributed by atoms with Crippen molar-refractivity contribution in [2.75, 3.05) is 13.1 Å². The maximum atomic E-state index is 13.0. The van der Waals surface area contributed by atoms with Gasteiger partial charge < -0.3 is 10.6 Å². The van der Waals surface area contributed by atoms with Crippen molar-refractivity contribution in [3.05, 3.63) is 65.2 Å². The first-order valence-corrected chi connectivity index (χ1v) is 13.6. The third kappa shape index (κ3) is 5.79. The number of halogens is 1. The summed E-state index contributed by atoms with van der Waals surface area (Å²) in [6.45, 7) is 0.587. The zero-order chi connectivity index (χ0) is 24.1. The molecule has 2 amide bonds. The lowest BCUT2D eigenvalue weighted by molar-refractivity contribution is -0.127. The van der Waals surface area contributed by atoms with Crippen molar-refractivity contribution in [3.8, 4) is 0 Å². The van der Waals surface area contributed by atoms with E-state index in [9.17, 15) is 18.0 Å². The Kier molecular flexibility index (Phi) is 7.91. The molecule has 2 aliphatic rings. The highest BCUT2D eigenvalue weighted by Crippen LogP contribution is 2.26. The predicted octanol–water partition coefficient (Wildman–Crippen LogP) is 3.60. The minimum Gasteiger partial charge on any atom is -0.351 e. The smallest absolute Gasteiger partial charge is 0.251 e. The molecule has 1 aliphatic carbocycles. The number of nitrogens with zero attached hydrogens (tertiary/aromatic N) is 1. The third-order valence-electron chi connectivity index (χ3n) is 6.72. The SMILES string of the molecule is O=C(N[C@@H]1CCCC[C@H]1NC(=O)C1CCN(S(=O)(=O)c2ccc(Cl)cc2)CC1)c1ccccc1. The largest absolute Gasteiger partial charge is 0.351 e. The van der Waals surface area contributed by atoms with Gasteiger partial charge in [-0.3, -0.25) is 9.59 Å². The molecule has 182 valence electrons. The molecule has 2 aromatic carbocycles. The molecule has 0 unspecified atom stereocenters. The second kappa shape index (κ2) is 10.9. The number of nitrogens with one attached hydrogen (secondary N) is 2. The Hall–Kier alpha value is -2.42. The van der Waals surface area contributed by atoms with Crippen molar-refractivity contribution in [1.82, 2.24) is 14.9 Å². The van der Waals surface area contributed by atoms with Crippen molar-refractivity contribution in [3.63, 3.8) is 0 Å². The molecule has 1 saturated heterocycles. The van der Waals surface area contributed by atoms with E-state index in [1.165, 1.54) is 16.4 Å². The van der Waals surface area contributed by atoms with E-state index in [0.717, 1.165) is 25.7 Å². The Morgan fingerprint density at radius 1 is 0.824 bits per heavy atom. The average Bonchev–Trinajstić information content (AvgIpc) is 2.86. The lowest BCUT2D eigenvalue weighted by atomic mass is 9.88. The Balaban J connectivity index is 1.32. The van der Waals surface area contributed by atoms with Gasteiger partial charge in [-0.2, -0.15) is 4.31 Å². The van der Waals surface area contributed by atoms with Crippen LogP contribution in [0.4, 0.5) is 0 Å². The first-order chi connectivity index (χ1) is 16.3. The monoisotopic (exact) mass is 503 g/mol. The van der Waals surface area contributed by atoms with E-state index in [1.807, 2.05) is 18.2 Å². The van der Waals surface area contributed by atoms with Crippen molar-refractivity contribution in [2.24, 2.45) is 5.92 Å². The van der Waals surface area contributed by atoms with Crippen LogP contribution in [0.25, 0.3) is 0 Å². The molecule has 7 nitrogen and oxygen atoms in total. The fraction of sp³-hybridized carbons (Fsp3) is 0.440. The minimum absolute atomic E-state index is 0.0607. The molecule has 2 fully saturated rings. The number of hydrogen-bond acceptors (Lipinski definition) is 4. The van der Waals surface area contributed by atoms with Gasteiger partial charge in [-0.15, -0.1) is 0 Å². The normalized spacial score (nSPS) is 22.1. The first kappa shape index (κ1) is 24.7. The fourth-order valence-electron chi connectivity index (χ4n) is 4.73. The number of hydrogen-bond donors (Lipinski definition) is 2. The van der Waals surface area contributed by atoms with Gasteiger partial charge in [0.25, 0.3) is 5.91 Å². The molecule has 2 atom stereocenters. The zero-order valence-electron chi connectivity index (χ0n) is 19.0. The lowest BCUT2D eigenvalue weighted by Gasteiger charge is -2.35. The van der Waals surface area contributed by atoms with Crippen LogP contribution < -0.4 is 10.6 Å². The number of sulfonamides is 1. The van der Waals surface area contributed by atoms with Crippen molar-refractivity contribution < 1.29 is 18.0 Å². The van der Waals surface area contributed by atoms with Gasteiger partial charge in [0, 0.05) is 41.7 Å². The van der Waals surface area contributed by atoms with Crippen LogP contribution in [-0.2, 0) is 14.8 Å². The number of carbonyl (C=O) groups excluding carboxylic acids is 2. The topological polar surface area (TPSA) is 95.6 Å². The molecule has 0 spiro atoms. The Labute approximate surface area is 205 Å². The third-order valence-corrected chi connectivity index (χ3v) is 8.89. The Morgan fingerprint density at radius 3 is 2.03 bits per heavy atom. The van der Waals surface area contributed by atoms with E-state index >= 15 is 0 Å². The van der Waals surface area contributed by atoms with Crippen LogP contribution in [0.3, 0.4) is 0 Å². The molecule has 1 saturated carbocycles.